The first kappa shape index (κ1) is 27.2. The number of carbonyl (C=O) groups excluding carboxylic acids is 1. The molecule has 6 rings (SSSR count). The minimum Gasteiger partial charge on any atom is -0.365 e. The van der Waals surface area contributed by atoms with E-state index >= 15 is 0 Å². The Morgan fingerprint density at radius 2 is 1.53 bits per heavy atom. The molecule has 1 saturated heterocycles. The van der Waals surface area contributed by atoms with E-state index in [-0.39, 0.29) is 24.8 Å². The number of rotatable bonds is 6. The van der Waals surface area contributed by atoms with Crippen molar-refractivity contribution in [1.29, 1.82) is 0 Å². The predicted molar refractivity (Wildman–Crippen MR) is 147 cm³/mol. The maximum absolute atomic E-state index is 12.4. The van der Waals surface area contributed by atoms with Crippen LogP contribution in [-0.2, 0) is 4.79 Å². The lowest BCUT2D eigenvalue weighted by Crippen LogP contribution is -2.43. The lowest BCUT2D eigenvalue weighted by molar-refractivity contribution is -0.133. The van der Waals surface area contributed by atoms with Gasteiger partial charge in [-0.25, -0.2) is 4.98 Å². The van der Waals surface area contributed by atoms with Gasteiger partial charge in [0.1, 0.15) is 0 Å². The first-order valence-electron chi connectivity index (χ1n) is 13.5. The zero-order chi connectivity index (χ0) is 23.1. The normalized spacial score (nSPS) is 25.3. The Labute approximate surface area is 225 Å². The van der Waals surface area contributed by atoms with Crippen LogP contribution in [0, 0.1) is 5.92 Å². The summed E-state index contributed by atoms with van der Waals surface area (Å²) in [5.74, 6) is 2.17. The molecule has 0 spiro atoms. The fourth-order valence-electron chi connectivity index (χ4n) is 6.00. The lowest BCUT2D eigenvalue weighted by atomic mass is 9.92. The molecule has 4 fully saturated rings. The van der Waals surface area contributed by atoms with Gasteiger partial charge in [0.15, 0.2) is 17.0 Å². The molecule has 36 heavy (non-hydrogen) atoms. The number of fused-ring (bicyclic) bond motifs is 1. The van der Waals surface area contributed by atoms with E-state index in [1.54, 1.807) is 0 Å². The van der Waals surface area contributed by atoms with Gasteiger partial charge in [-0.3, -0.25) is 4.79 Å². The lowest BCUT2D eigenvalue weighted by Gasteiger charge is -2.33. The van der Waals surface area contributed by atoms with E-state index < -0.39 is 0 Å². The quantitative estimate of drug-likeness (QED) is 0.502. The summed E-state index contributed by atoms with van der Waals surface area (Å²) in [5, 5.41) is 7.30. The van der Waals surface area contributed by atoms with E-state index in [0.717, 1.165) is 81.4 Å². The van der Waals surface area contributed by atoms with Gasteiger partial charge in [0.05, 0.1) is 6.33 Å². The molecule has 0 bridgehead atoms. The van der Waals surface area contributed by atoms with Crippen LogP contribution in [0.4, 0.5) is 11.8 Å². The Morgan fingerprint density at radius 1 is 0.861 bits per heavy atom. The Balaban J connectivity index is 0.00000152. The van der Waals surface area contributed by atoms with E-state index in [9.17, 15) is 4.79 Å². The number of anilines is 2. The van der Waals surface area contributed by atoms with Crippen LogP contribution in [0.15, 0.2) is 6.33 Å². The second kappa shape index (κ2) is 11.7. The van der Waals surface area contributed by atoms with Gasteiger partial charge in [0.2, 0.25) is 11.9 Å². The zero-order valence-corrected chi connectivity index (χ0v) is 22.5. The molecule has 1 aliphatic heterocycles. The van der Waals surface area contributed by atoms with E-state index in [0.29, 0.717) is 41.9 Å². The van der Waals surface area contributed by atoms with Gasteiger partial charge in [0, 0.05) is 43.2 Å². The number of hydrogen-bond donors (Lipinski definition) is 3. The highest BCUT2D eigenvalue weighted by Gasteiger charge is 2.35. The zero-order valence-electron chi connectivity index (χ0n) is 20.9. The summed E-state index contributed by atoms with van der Waals surface area (Å²) in [7, 11) is 0. The van der Waals surface area contributed by atoms with Crippen LogP contribution in [0.1, 0.15) is 83.1 Å². The molecule has 3 saturated carbocycles. The number of likely N-dealkylation sites (tertiary alicyclic amines) is 1. The largest absolute Gasteiger partial charge is 0.365 e. The third-order valence-electron chi connectivity index (χ3n) is 8.32. The fourth-order valence-corrected chi connectivity index (χ4v) is 6.00. The molecule has 11 heteroatoms. The minimum atomic E-state index is 0. The first-order valence-corrected chi connectivity index (χ1v) is 13.5. The van der Waals surface area contributed by atoms with Crippen LogP contribution >= 0.6 is 24.8 Å². The summed E-state index contributed by atoms with van der Waals surface area (Å²) < 4.78 is 2.27. The molecule has 0 unspecified atom stereocenters. The topological polar surface area (TPSA) is 114 Å². The highest BCUT2D eigenvalue weighted by atomic mass is 35.5. The van der Waals surface area contributed by atoms with E-state index in [1.807, 2.05) is 6.33 Å². The Bertz CT molecular complexity index is 1020. The molecule has 200 valence electrons. The van der Waals surface area contributed by atoms with Gasteiger partial charge in [-0.05, 0) is 64.2 Å². The number of hydrogen-bond acceptors (Lipinski definition) is 7. The van der Waals surface area contributed by atoms with E-state index in [2.05, 4.69) is 20.1 Å². The van der Waals surface area contributed by atoms with Gasteiger partial charge in [-0.2, -0.15) is 9.97 Å². The fraction of sp³-hybridized carbons (Fsp3) is 0.760. The van der Waals surface area contributed by atoms with Crippen LogP contribution in [0.2, 0.25) is 0 Å². The number of imidazole rings is 1. The number of nitrogens with one attached hydrogen (secondary N) is 2. The van der Waals surface area contributed by atoms with Gasteiger partial charge >= 0.3 is 0 Å². The first-order chi connectivity index (χ1) is 16.6. The number of nitrogens with two attached hydrogens (primary N) is 1. The van der Waals surface area contributed by atoms with Crippen molar-refractivity contribution in [3.8, 4) is 0 Å². The number of nitrogens with zero attached hydrogens (tertiary/aromatic N) is 5. The van der Waals surface area contributed by atoms with Crippen molar-refractivity contribution in [1.82, 2.24) is 24.4 Å². The molecule has 2 aromatic heterocycles. The summed E-state index contributed by atoms with van der Waals surface area (Å²) >= 11 is 0. The standard InChI is InChI=1S/C25H38N8O.2ClH/c26-17-7-9-18(10-8-17)29-25-30-22(21-23(31-25)33(15-27-21)20-3-1-2-4-20)28-19-11-13-32(14-12-19)24(34)16-5-6-16;;/h15-20H,1-14,26H2,(H2,28,29,30,31);2*1H/t17-,18-;;. The average molecular weight is 540 g/mol. The summed E-state index contributed by atoms with van der Waals surface area (Å²) in [6, 6.07) is 1.45. The van der Waals surface area contributed by atoms with Crippen LogP contribution in [0.5, 0.6) is 0 Å². The minimum absolute atomic E-state index is 0. The van der Waals surface area contributed by atoms with Crippen molar-refractivity contribution in [3.63, 3.8) is 0 Å². The smallest absolute Gasteiger partial charge is 0.227 e. The molecule has 4 N–H and O–H groups in total. The number of carbonyl (C=O) groups is 1. The SMILES string of the molecule is Cl.Cl.N[C@H]1CC[C@H](Nc2nc(NC3CCN(C(=O)C4CC4)CC3)c3ncn(C4CCCC4)c3n2)CC1. The molecular formula is C25H40Cl2N8O. The van der Waals surface area contributed by atoms with Gasteiger partial charge < -0.3 is 25.8 Å². The Morgan fingerprint density at radius 3 is 2.19 bits per heavy atom. The van der Waals surface area contributed by atoms with Crippen LogP contribution in [0.3, 0.4) is 0 Å². The molecule has 0 aromatic carbocycles. The Kier molecular flexibility index (Phi) is 8.83. The molecule has 0 atom stereocenters. The van der Waals surface area contributed by atoms with Crippen LogP contribution in [-0.4, -0.2) is 61.5 Å². The molecule has 1 amide bonds. The highest BCUT2D eigenvalue weighted by Crippen LogP contribution is 2.35. The van der Waals surface area contributed by atoms with Crippen LogP contribution in [0.25, 0.3) is 11.2 Å². The maximum atomic E-state index is 12.4. The molecule has 9 nitrogen and oxygen atoms in total. The summed E-state index contributed by atoms with van der Waals surface area (Å²) in [4.78, 5) is 29.1. The number of amides is 1. The van der Waals surface area contributed by atoms with Crippen molar-refractivity contribution in [2.75, 3.05) is 23.7 Å². The molecule has 4 aliphatic rings. The van der Waals surface area contributed by atoms with Crippen molar-refractivity contribution in [3.05, 3.63) is 6.33 Å². The second-order valence-electron chi connectivity index (χ2n) is 10.9. The van der Waals surface area contributed by atoms with Crippen molar-refractivity contribution >= 4 is 53.7 Å². The van der Waals surface area contributed by atoms with E-state index in [4.69, 9.17) is 20.7 Å². The molecular weight excluding hydrogens is 499 g/mol. The molecule has 0 radical (unpaired) electrons. The molecule has 3 heterocycles. The number of halogens is 2. The second-order valence-corrected chi connectivity index (χ2v) is 10.9. The van der Waals surface area contributed by atoms with Gasteiger partial charge in [-0.1, -0.05) is 12.8 Å². The van der Waals surface area contributed by atoms with Crippen molar-refractivity contribution in [2.24, 2.45) is 11.7 Å². The van der Waals surface area contributed by atoms with Crippen molar-refractivity contribution < 1.29 is 4.79 Å². The maximum Gasteiger partial charge on any atom is 0.227 e. The summed E-state index contributed by atoms with van der Waals surface area (Å²) in [6.45, 7) is 1.65. The van der Waals surface area contributed by atoms with Gasteiger partial charge in [-0.15, -0.1) is 24.8 Å². The number of piperidine rings is 1. The summed E-state index contributed by atoms with van der Waals surface area (Å²) in [5.41, 5.74) is 7.90. The van der Waals surface area contributed by atoms with Crippen LogP contribution < -0.4 is 16.4 Å². The molecule has 3 aliphatic carbocycles. The van der Waals surface area contributed by atoms with Crippen molar-refractivity contribution in [2.45, 2.75) is 101 Å². The van der Waals surface area contributed by atoms with Gasteiger partial charge in [0.25, 0.3) is 0 Å². The third kappa shape index (κ3) is 5.83. The summed E-state index contributed by atoms with van der Waals surface area (Å²) in [6.07, 6.45) is 15.1. The number of aromatic nitrogens is 4. The van der Waals surface area contributed by atoms with E-state index in [1.165, 1.54) is 25.7 Å². The third-order valence-corrected chi connectivity index (χ3v) is 8.32. The molecule has 2 aromatic rings. The average Bonchev–Trinajstić information content (AvgIpc) is 3.38. The Hall–Kier alpha value is -1.84. The monoisotopic (exact) mass is 538 g/mol. The predicted octanol–water partition coefficient (Wildman–Crippen LogP) is 4.28. The highest BCUT2D eigenvalue weighted by molar-refractivity contribution is 5.86.